The minimum atomic E-state index is -0.907. The largest absolute Gasteiger partial charge is 0.458 e. The van der Waals surface area contributed by atoms with E-state index in [0.29, 0.717) is 12.8 Å². The highest BCUT2D eigenvalue weighted by molar-refractivity contribution is 5.94. The molecule has 0 spiro atoms. The molecule has 2 unspecified atom stereocenters. The van der Waals surface area contributed by atoms with E-state index in [0.717, 1.165) is 57.8 Å². The molecule has 0 aromatic carbocycles. The van der Waals surface area contributed by atoms with E-state index in [1.165, 1.54) is 6.92 Å². The Morgan fingerprint density at radius 3 is 2.52 bits per heavy atom. The van der Waals surface area contributed by atoms with E-state index in [1.807, 2.05) is 12.2 Å². The van der Waals surface area contributed by atoms with Crippen molar-refractivity contribution < 1.29 is 29.3 Å². The van der Waals surface area contributed by atoms with Crippen molar-refractivity contribution in [2.45, 2.75) is 96.7 Å². The Kier molecular flexibility index (Phi) is 14.0. The minimum absolute atomic E-state index is 0.0419. The zero-order chi connectivity index (χ0) is 23.1. The second-order valence-corrected chi connectivity index (χ2v) is 8.51. The lowest BCUT2D eigenvalue weighted by atomic mass is 9.88. The van der Waals surface area contributed by atoms with Gasteiger partial charge in [-0.1, -0.05) is 70.1 Å². The molecule has 1 rings (SSSR count). The van der Waals surface area contributed by atoms with Gasteiger partial charge in [0, 0.05) is 25.2 Å². The monoisotopic (exact) mass is 436 g/mol. The number of esters is 1. The van der Waals surface area contributed by atoms with Crippen molar-refractivity contribution in [2.75, 3.05) is 6.61 Å². The highest BCUT2D eigenvalue weighted by atomic mass is 16.5. The molecule has 0 aromatic heterocycles. The smallest absolute Gasteiger partial charge is 0.303 e. The predicted octanol–water partition coefficient (Wildman–Crippen LogP) is 4.08. The van der Waals surface area contributed by atoms with Crippen LogP contribution in [0.25, 0.3) is 0 Å². The molecule has 6 nitrogen and oxygen atoms in total. The molecule has 6 heteroatoms. The Morgan fingerprint density at radius 2 is 1.81 bits per heavy atom. The molecule has 0 bridgehead atoms. The number of aliphatic hydroxyl groups is 2. The maximum atomic E-state index is 12.2. The number of rotatable bonds is 17. The first-order valence-corrected chi connectivity index (χ1v) is 11.8. The van der Waals surface area contributed by atoms with Crippen LogP contribution in [0.2, 0.25) is 0 Å². The molecule has 0 heterocycles. The van der Waals surface area contributed by atoms with Crippen LogP contribution in [-0.2, 0) is 19.1 Å². The zero-order valence-electron chi connectivity index (χ0n) is 19.1. The summed E-state index contributed by atoms with van der Waals surface area (Å²) in [7, 11) is 0. The fourth-order valence-corrected chi connectivity index (χ4v) is 3.80. The molecule has 0 aromatic rings. The Balaban J connectivity index is 2.28. The number of allylic oxidation sites excluding steroid dienone is 3. The maximum absolute atomic E-state index is 12.2. The number of carbonyl (C=O) groups excluding carboxylic acids is 3. The first-order valence-electron chi connectivity index (χ1n) is 11.8. The highest BCUT2D eigenvalue weighted by Gasteiger charge is 2.28. The van der Waals surface area contributed by atoms with Gasteiger partial charge >= 0.3 is 5.97 Å². The average molecular weight is 437 g/mol. The predicted molar refractivity (Wildman–Crippen MR) is 120 cm³/mol. The number of Topliss-reactive ketones (excluding diaryl/α,β-unsaturated/α-hetero) is 1. The van der Waals surface area contributed by atoms with Crippen molar-refractivity contribution in [1.82, 2.24) is 0 Å². The molecule has 0 saturated carbocycles. The molecule has 0 radical (unpaired) electrons. The van der Waals surface area contributed by atoms with Crippen LogP contribution in [0.1, 0.15) is 84.5 Å². The third kappa shape index (κ3) is 12.0. The highest BCUT2D eigenvalue weighted by Crippen LogP contribution is 2.29. The lowest BCUT2D eigenvalue weighted by Gasteiger charge is -2.17. The number of carbonyl (C=O) groups is 3. The van der Waals surface area contributed by atoms with Gasteiger partial charge in [-0.2, -0.15) is 0 Å². The van der Waals surface area contributed by atoms with E-state index in [9.17, 15) is 24.6 Å². The van der Waals surface area contributed by atoms with Crippen molar-refractivity contribution in [2.24, 2.45) is 11.8 Å². The fraction of sp³-hybridized carbons (Fsp3) is 0.720. The summed E-state index contributed by atoms with van der Waals surface area (Å²) in [5.74, 6) is -0.557. The summed E-state index contributed by atoms with van der Waals surface area (Å²) in [5, 5.41) is 20.3. The number of ether oxygens (including phenoxy) is 1. The first-order chi connectivity index (χ1) is 14.8. The molecule has 176 valence electrons. The van der Waals surface area contributed by atoms with Crippen molar-refractivity contribution >= 4 is 17.5 Å². The van der Waals surface area contributed by atoms with E-state index >= 15 is 0 Å². The third-order valence-electron chi connectivity index (χ3n) is 5.75. The second-order valence-electron chi connectivity index (χ2n) is 8.51. The lowest BCUT2D eigenvalue weighted by molar-refractivity contribution is -0.145. The maximum Gasteiger partial charge on any atom is 0.303 e. The van der Waals surface area contributed by atoms with Gasteiger partial charge in [-0.05, 0) is 25.3 Å². The van der Waals surface area contributed by atoms with Gasteiger partial charge in [-0.3, -0.25) is 14.4 Å². The summed E-state index contributed by atoms with van der Waals surface area (Å²) in [6, 6.07) is 0. The van der Waals surface area contributed by atoms with Crippen molar-refractivity contribution in [3.63, 3.8) is 0 Å². The van der Waals surface area contributed by atoms with Crippen molar-refractivity contribution in [3.05, 3.63) is 24.3 Å². The van der Waals surface area contributed by atoms with Crippen LogP contribution in [0.3, 0.4) is 0 Å². The van der Waals surface area contributed by atoms with Gasteiger partial charge in [-0.25, -0.2) is 0 Å². The quantitative estimate of drug-likeness (QED) is 0.202. The van der Waals surface area contributed by atoms with Crippen LogP contribution >= 0.6 is 0 Å². The normalized spacial score (nSPS) is 20.3. The summed E-state index contributed by atoms with van der Waals surface area (Å²) in [4.78, 5) is 34.4. The van der Waals surface area contributed by atoms with Gasteiger partial charge in [0.25, 0.3) is 0 Å². The van der Waals surface area contributed by atoms with Gasteiger partial charge in [-0.15, -0.1) is 0 Å². The number of hydrogen-bond acceptors (Lipinski definition) is 6. The summed E-state index contributed by atoms with van der Waals surface area (Å²) < 4.78 is 4.68. The van der Waals surface area contributed by atoms with Crippen molar-refractivity contribution in [3.8, 4) is 0 Å². The summed E-state index contributed by atoms with van der Waals surface area (Å²) in [6.45, 7) is 3.27. The van der Waals surface area contributed by atoms with Crippen LogP contribution < -0.4 is 0 Å². The number of ketones is 2. The van der Waals surface area contributed by atoms with E-state index in [4.69, 9.17) is 0 Å². The summed E-state index contributed by atoms with van der Waals surface area (Å²) in [6.07, 6.45) is 14.7. The van der Waals surface area contributed by atoms with Crippen LogP contribution in [0.5, 0.6) is 0 Å². The SMILES string of the molecule is CCCCCCC(O)C(O)/C=C/[C@H]1C=CC(=O)[C@@H]1CCCCCCC(=O)COC(C)=O. The standard InChI is InChI=1S/C25H40O6/c1-3-4-5-10-13-24(29)25(30)17-15-20-14-16-23(28)22(20)12-9-7-6-8-11-21(27)18-31-19(2)26/h14-17,20,22,24-25,29-30H,3-13,18H2,1-2H3/b17-15+/t20-,22-,24?,25?/m1/s1. The second kappa shape index (κ2) is 15.9. The first kappa shape index (κ1) is 27.2. The average Bonchev–Trinajstić information content (AvgIpc) is 3.09. The zero-order valence-corrected chi connectivity index (χ0v) is 19.1. The topological polar surface area (TPSA) is 101 Å². The van der Waals surface area contributed by atoms with Crippen LogP contribution in [0.15, 0.2) is 24.3 Å². The molecule has 0 aliphatic heterocycles. The van der Waals surface area contributed by atoms with Crippen LogP contribution in [0.4, 0.5) is 0 Å². The van der Waals surface area contributed by atoms with E-state index in [1.54, 1.807) is 12.2 Å². The van der Waals surface area contributed by atoms with E-state index in [-0.39, 0.29) is 30.0 Å². The molecule has 4 atom stereocenters. The summed E-state index contributed by atoms with van der Waals surface area (Å²) >= 11 is 0. The molecule has 0 amide bonds. The Morgan fingerprint density at radius 1 is 1.10 bits per heavy atom. The summed E-state index contributed by atoms with van der Waals surface area (Å²) in [5.41, 5.74) is 0. The van der Waals surface area contributed by atoms with Gasteiger partial charge in [0.05, 0.1) is 12.2 Å². The van der Waals surface area contributed by atoms with Crippen LogP contribution in [0, 0.1) is 11.8 Å². The van der Waals surface area contributed by atoms with Gasteiger partial charge in [0.1, 0.15) is 6.61 Å². The molecule has 0 saturated heterocycles. The number of aliphatic hydroxyl groups excluding tert-OH is 2. The lowest BCUT2D eigenvalue weighted by Crippen LogP contribution is -2.24. The molecule has 2 N–H and O–H groups in total. The molecule has 1 aliphatic carbocycles. The van der Waals surface area contributed by atoms with E-state index < -0.39 is 18.2 Å². The number of hydrogen-bond donors (Lipinski definition) is 2. The number of unbranched alkanes of at least 4 members (excludes halogenated alkanes) is 6. The van der Waals surface area contributed by atoms with Gasteiger partial charge in [0.15, 0.2) is 11.6 Å². The molecule has 1 aliphatic rings. The van der Waals surface area contributed by atoms with Crippen molar-refractivity contribution in [1.29, 1.82) is 0 Å². The Hall–Kier alpha value is -1.79. The third-order valence-corrected chi connectivity index (χ3v) is 5.75. The van der Waals surface area contributed by atoms with Crippen LogP contribution in [-0.4, -0.2) is 46.6 Å². The minimum Gasteiger partial charge on any atom is -0.458 e. The van der Waals surface area contributed by atoms with E-state index in [2.05, 4.69) is 11.7 Å². The Bertz CT molecular complexity index is 609. The fourth-order valence-electron chi connectivity index (χ4n) is 3.80. The van der Waals surface area contributed by atoms with Gasteiger partial charge in [0.2, 0.25) is 0 Å². The molecular weight excluding hydrogens is 396 g/mol. The molecule has 31 heavy (non-hydrogen) atoms. The van der Waals surface area contributed by atoms with Gasteiger partial charge < -0.3 is 14.9 Å². The molecular formula is C25H40O6. The molecule has 0 fully saturated rings. The Labute approximate surface area is 186 Å².